The molecule has 1 N–H and O–H groups in total. The van der Waals surface area contributed by atoms with Gasteiger partial charge in [-0.25, -0.2) is 4.39 Å². The van der Waals surface area contributed by atoms with Crippen LogP contribution in [-0.2, 0) is 12.8 Å². The number of phenols is 1. The van der Waals surface area contributed by atoms with Crippen LogP contribution in [-0.4, -0.2) is 34.8 Å². The molecule has 1 heterocycles. The maximum Gasteiger partial charge on any atom is 0.115 e. The molecule has 2 aliphatic rings. The molecule has 2 aromatic rings. The highest BCUT2D eigenvalue weighted by atomic mass is 19.1. The Morgan fingerprint density at radius 1 is 1.00 bits per heavy atom. The van der Waals surface area contributed by atoms with Crippen molar-refractivity contribution in [3.05, 3.63) is 65.7 Å². The number of aromatic hydroxyl groups is 1. The van der Waals surface area contributed by atoms with Gasteiger partial charge in [-0.3, -0.25) is 4.90 Å². The van der Waals surface area contributed by atoms with Crippen molar-refractivity contribution in [2.24, 2.45) is 11.8 Å². The number of alkyl halides is 1. The van der Waals surface area contributed by atoms with Gasteiger partial charge in [-0.05, 0) is 61.3 Å². The van der Waals surface area contributed by atoms with E-state index in [4.69, 9.17) is 0 Å². The largest absolute Gasteiger partial charge is 0.508 e. The second-order valence-electron chi connectivity index (χ2n) is 8.42. The van der Waals surface area contributed by atoms with E-state index in [1.807, 2.05) is 42.5 Å². The van der Waals surface area contributed by atoms with Gasteiger partial charge in [0.05, 0.1) is 0 Å². The van der Waals surface area contributed by atoms with Crippen molar-refractivity contribution in [1.29, 1.82) is 0 Å². The van der Waals surface area contributed by atoms with Gasteiger partial charge in [0.15, 0.2) is 0 Å². The molecule has 4 atom stereocenters. The first kappa shape index (κ1) is 17.5. The summed E-state index contributed by atoms with van der Waals surface area (Å²) in [4.78, 5) is 2.53. The second-order valence-corrected chi connectivity index (χ2v) is 8.42. The molecule has 2 nitrogen and oxygen atoms in total. The molecular weight excluding hydrogens is 325 g/mol. The van der Waals surface area contributed by atoms with Crippen molar-refractivity contribution in [3.63, 3.8) is 0 Å². The molecule has 2 fully saturated rings. The topological polar surface area (TPSA) is 23.5 Å². The Kier molecular flexibility index (Phi) is 4.74. The fraction of sp³-hybridized carbons (Fsp3) is 0.478. The zero-order chi connectivity index (χ0) is 18.1. The van der Waals surface area contributed by atoms with Gasteiger partial charge >= 0.3 is 0 Å². The van der Waals surface area contributed by atoms with Gasteiger partial charge in [0, 0.05) is 25.6 Å². The van der Waals surface area contributed by atoms with Crippen LogP contribution < -0.4 is 0 Å². The third-order valence-corrected chi connectivity index (χ3v) is 6.32. The maximum atomic E-state index is 15.4. The minimum atomic E-state index is -1.02. The predicted octanol–water partition coefficient (Wildman–Crippen LogP) is 4.62. The molecule has 1 saturated carbocycles. The Morgan fingerprint density at radius 2 is 1.62 bits per heavy atom. The first-order valence-corrected chi connectivity index (χ1v) is 9.75. The molecule has 2 aromatic carbocycles. The molecule has 3 heteroatoms. The van der Waals surface area contributed by atoms with Gasteiger partial charge in [0.1, 0.15) is 11.4 Å². The quantitative estimate of drug-likeness (QED) is 0.848. The van der Waals surface area contributed by atoms with E-state index in [0.29, 0.717) is 42.9 Å². The van der Waals surface area contributed by atoms with Crippen LogP contribution >= 0.6 is 0 Å². The van der Waals surface area contributed by atoms with Crippen LogP contribution in [0, 0.1) is 11.8 Å². The highest BCUT2D eigenvalue weighted by Crippen LogP contribution is 2.48. The Hall–Kier alpha value is -1.87. The van der Waals surface area contributed by atoms with Gasteiger partial charge in [0.25, 0.3) is 0 Å². The summed E-state index contributed by atoms with van der Waals surface area (Å²) in [7, 11) is 0. The van der Waals surface area contributed by atoms with Crippen molar-refractivity contribution in [3.8, 4) is 5.75 Å². The lowest BCUT2D eigenvalue weighted by molar-refractivity contribution is 0.139. The number of rotatable bonds is 5. The van der Waals surface area contributed by atoms with Gasteiger partial charge < -0.3 is 5.11 Å². The lowest BCUT2D eigenvalue weighted by Crippen LogP contribution is -2.35. The van der Waals surface area contributed by atoms with Crippen LogP contribution in [0.25, 0.3) is 0 Å². The van der Waals surface area contributed by atoms with E-state index >= 15 is 4.39 Å². The highest BCUT2D eigenvalue weighted by Gasteiger charge is 2.49. The first-order valence-electron chi connectivity index (χ1n) is 9.75. The van der Waals surface area contributed by atoms with Crippen LogP contribution in [0.15, 0.2) is 54.6 Å². The fourth-order valence-corrected chi connectivity index (χ4v) is 5.03. The standard InChI is InChI=1S/C23H28FNO/c1-17(11-18-7-9-22(26)10-8-18)25-15-20-13-23(24,14-21(20)16-25)12-19-5-3-2-4-6-19/h2-10,17,20-21,26H,11-16H2,1H3/t17?,20-,21+,23+. The van der Waals surface area contributed by atoms with Crippen LogP contribution in [0.4, 0.5) is 4.39 Å². The fourth-order valence-electron chi connectivity index (χ4n) is 5.03. The first-order chi connectivity index (χ1) is 12.5. The summed E-state index contributed by atoms with van der Waals surface area (Å²) < 4.78 is 15.4. The summed E-state index contributed by atoms with van der Waals surface area (Å²) in [5.41, 5.74) is 1.34. The van der Waals surface area contributed by atoms with E-state index in [2.05, 4.69) is 11.8 Å². The summed E-state index contributed by atoms with van der Waals surface area (Å²) in [6.07, 6.45) is 2.94. The SMILES string of the molecule is CC(Cc1ccc(O)cc1)N1C[C@@H]2C[C@](F)(Cc3ccccc3)C[C@@H]2C1. The predicted molar refractivity (Wildman–Crippen MR) is 103 cm³/mol. The molecule has 0 bridgehead atoms. The monoisotopic (exact) mass is 353 g/mol. The van der Waals surface area contributed by atoms with Crippen LogP contribution in [0.2, 0.25) is 0 Å². The molecule has 1 aliphatic heterocycles. The normalized spacial score (nSPS) is 29.6. The average Bonchev–Trinajstić information content (AvgIpc) is 3.12. The van der Waals surface area contributed by atoms with E-state index in [-0.39, 0.29) is 0 Å². The van der Waals surface area contributed by atoms with Crippen LogP contribution in [0.1, 0.15) is 30.9 Å². The van der Waals surface area contributed by atoms with Crippen LogP contribution in [0.3, 0.4) is 0 Å². The van der Waals surface area contributed by atoms with Crippen molar-refractivity contribution in [2.75, 3.05) is 13.1 Å². The highest BCUT2D eigenvalue weighted by molar-refractivity contribution is 5.26. The van der Waals surface area contributed by atoms with Crippen molar-refractivity contribution >= 4 is 0 Å². The molecule has 0 spiro atoms. The lowest BCUT2D eigenvalue weighted by Gasteiger charge is -2.28. The number of benzene rings is 2. The molecule has 1 unspecified atom stereocenters. The Balaban J connectivity index is 1.33. The lowest BCUT2D eigenvalue weighted by atomic mass is 9.93. The number of nitrogens with zero attached hydrogens (tertiary/aromatic N) is 1. The molecule has 1 saturated heterocycles. The number of fused-ring (bicyclic) bond motifs is 1. The molecule has 4 rings (SSSR count). The van der Waals surface area contributed by atoms with E-state index < -0.39 is 5.67 Å². The van der Waals surface area contributed by atoms with E-state index in [1.165, 1.54) is 5.56 Å². The third-order valence-electron chi connectivity index (χ3n) is 6.32. The number of hydrogen-bond acceptors (Lipinski definition) is 2. The number of hydrogen-bond donors (Lipinski definition) is 1. The Labute approximate surface area is 155 Å². The van der Waals surface area contributed by atoms with Crippen LogP contribution in [0.5, 0.6) is 5.75 Å². The van der Waals surface area contributed by atoms with Crippen molar-refractivity contribution < 1.29 is 9.50 Å². The molecular formula is C23H28FNO. The average molecular weight is 353 g/mol. The molecule has 0 aromatic heterocycles. The molecule has 0 amide bonds. The molecule has 1 aliphatic carbocycles. The van der Waals surface area contributed by atoms with Gasteiger partial charge in [-0.2, -0.15) is 0 Å². The van der Waals surface area contributed by atoms with Crippen molar-refractivity contribution in [2.45, 2.75) is 44.3 Å². The zero-order valence-electron chi connectivity index (χ0n) is 15.4. The third kappa shape index (κ3) is 3.78. The number of phenolic OH excluding ortho intramolecular Hbond substituents is 1. The van der Waals surface area contributed by atoms with Gasteiger partial charge in [0.2, 0.25) is 0 Å². The van der Waals surface area contributed by atoms with E-state index in [0.717, 1.165) is 25.1 Å². The Morgan fingerprint density at radius 3 is 2.23 bits per heavy atom. The second kappa shape index (κ2) is 7.03. The summed E-state index contributed by atoms with van der Waals surface area (Å²) in [5.74, 6) is 1.30. The van der Waals surface area contributed by atoms with Gasteiger partial charge in [-0.1, -0.05) is 42.5 Å². The minimum Gasteiger partial charge on any atom is -0.508 e. The van der Waals surface area contributed by atoms with E-state index in [9.17, 15) is 5.11 Å². The zero-order valence-corrected chi connectivity index (χ0v) is 15.4. The van der Waals surface area contributed by atoms with Crippen molar-refractivity contribution in [1.82, 2.24) is 4.90 Å². The molecule has 138 valence electrons. The number of halogens is 1. The summed E-state index contributed by atoms with van der Waals surface area (Å²) in [5, 5.41) is 9.42. The van der Waals surface area contributed by atoms with Gasteiger partial charge in [-0.15, -0.1) is 0 Å². The smallest absolute Gasteiger partial charge is 0.115 e. The minimum absolute atomic E-state index is 0.315. The van der Waals surface area contributed by atoms with E-state index in [1.54, 1.807) is 12.1 Å². The molecule has 26 heavy (non-hydrogen) atoms. The summed E-state index contributed by atoms with van der Waals surface area (Å²) in [6, 6.07) is 18.0. The summed E-state index contributed by atoms with van der Waals surface area (Å²) in [6.45, 7) is 4.30. The maximum absolute atomic E-state index is 15.4. The Bertz CT molecular complexity index is 716. The molecule has 0 radical (unpaired) electrons. The summed E-state index contributed by atoms with van der Waals surface area (Å²) >= 11 is 0. The number of likely N-dealkylation sites (tertiary alicyclic amines) is 1.